The average molecular weight is 485 g/mol. The first kappa shape index (κ1) is 25.2. The van der Waals surface area contributed by atoms with Gasteiger partial charge < -0.3 is 24.6 Å². The van der Waals surface area contributed by atoms with Crippen LogP contribution in [0.2, 0.25) is 0 Å². The molecule has 1 heterocycles. The van der Waals surface area contributed by atoms with E-state index >= 15 is 0 Å². The summed E-state index contributed by atoms with van der Waals surface area (Å²) < 4.78 is 10.8. The summed E-state index contributed by atoms with van der Waals surface area (Å²) in [6.45, 7) is 1.98. The average Bonchev–Trinajstić information content (AvgIpc) is 3.27. The minimum absolute atomic E-state index is 0.122. The van der Waals surface area contributed by atoms with E-state index in [-0.39, 0.29) is 23.0 Å². The molecule has 0 aliphatic carbocycles. The Kier molecular flexibility index (Phi) is 8.61. The molecule has 0 fully saturated rings. The molecule has 1 aromatic heterocycles. The SMILES string of the molecule is COc1cc(C(=O)N(CCCc2ccccc2)Cc2nc(C(=O)O)c(CO)s2)cc(OC)c1C. The fourth-order valence-corrected chi connectivity index (χ4v) is 4.60. The minimum Gasteiger partial charge on any atom is -0.496 e. The fourth-order valence-electron chi connectivity index (χ4n) is 3.67. The third kappa shape index (κ3) is 5.92. The molecule has 3 aromatic rings. The van der Waals surface area contributed by atoms with Crippen LogP contribution in [0.1, 0.15) is 48.3 Å². The zero-order valence-electron chi connectivity index (χ0n) is 19.4. The maximum absolute atomic E-state index is 13.6. The Hall–Kier alpha value is -3.43. The summed E-state index contributed by atoms with van der Waals surface area (Å²) in [6, 6.07) is 13.3. The van der Waals surface area contributed by atoms with Crippen LogP contribution >= 0.6 is 11.3 Å². The van der Waals surface area contributed by atoms with Crippen LogP contribution in [0, 0.1) is 6.92 Å². The predicted octanol–water partition coefficient (Wildman–Crippen LogP) is 3.93. The first-order valence-corrected chi connectivity index (χ1v) is 11.6. The summed E-state index contributed by atoms with van der Waals surface area (Å²) in [5.74, 6) is -0.377. The zero-order valence-corrected chi connectivity index (χ0v) is 20.2. The number of rotatable bonds is 11. The summed E-state index contributed by atoms with van der Waals surface area (Å²) >= 11 is 1.09. The molecular formula is C25H28N2O6S. The molecule has 34 heavy (non-hydrogen) atoms. The molecule has 9 heteroatoms. The van der Waals surface area contributed by atoms with E-state index in [4.69, 9.17) is 9.47 Å². The second kappa shape index (κ2) is 11.6. The highest BCUT2D eigenvalue weighted by atomic mass is 32.1. The number of hydrogen-bond donors (Lipinski definition) is 2. The highest BCUT2D eigenvalue weighted by Gasteiger charge is 2.23. The number of nitrogens with zero attached hydrogens (tertiary/aromatic N) is 2. The smallest absolute Gasteiger partial charge is 0.355 e. The second-order valence-electron chi connectivity index (χ2n) is 7.66. The van der Waals surface area contributed by atoms with Crippen molar-refractivity contribution in [3.63, 3.8) is 0 Å². The van der Waals surface area contributed by atoms with Crippen molar-refractivity contribution in [1.82, 2.24) is 9.88 Å². The number of ether oxygens (including phenoxy) is 2. The topological polar surface area (TPSA) is 109 Å². The Morgan fingerprint density at radius 1 is 1.09 bits per heavy atom. The van der Waals surface area contributed by atoms with E-state index in [1.165, 1.54) is 19.8 Å². The summed E-state index contributed by atoms with van der Waals surface area (Å²) in [7, 11) is 3.07. The van der Waals surface area contributed by atoms with Crippen molar-refractivity contribution in [1.29, 1.82) is 0 Å². The Bertz CT molecular complexity index is 1120. The van der Waals surface area contributed by atoms with Crippen LogP contribution in [-0.2, 0) is 19.6 Å². The maximum Gasteiger partial charge on any atom is 0.355 e. The summed E-state index contributed by atoms with van der Waals surface area (Å²) in [6.07, 6.45) is 1.49. The van der Waals surface area contributed by atoms with Crippen LogP contribution in [0.4, 0.5) is 0 Å². The molecular weight excluding hydrogens is 456 g/mol. The fraction of sp³-hybridized carbons (Fsp3) is 0.320. The number of aromatic carboxylic acids is 1. The zero-order chi connectivity index (χ0) is 24.7. The number of thiazole rings is 1. The van der Waals surface area contributed by atoms with E-state index in [1.54, 1.807) is 17.0 Å². The molecule has 3 rings (SSSR count). The molecule has 0 bridgehead atoms. The van der Waals surface area contributed by atoms with Crippen molar-refractivity contribution in [3.8, 4) is 11.5 Å². The molecule has 0 unspecified atom stereocenters. The molecule has 2 N–H and O–H groups in total. The lowest BCUT2D eigenvalue weighted by molar-refractivity contribution is 0.0687. The number of carbonyl (C=O) groups is 2. The number of carboxylic acids is 1. The van der Waals surface area contributed by atoms with Crippen LogP contribution in [0.5, 0.6) is 11.5 Å². The predicted molar refractivity (Wildman–Crippen MR) is 129 cm³/mol. The molecule has 180 valence electrons. The van der Waals surface area contributed by atoms with E-state index in [9.17, 15) is 19.8 Å². The number of hydrogen-bond acceptors (Lipinski definition) is 7. The van der Waals surface area contributed by atoms with Gasteiger partial charge in [0, 0.05) is 17.7 Å². The Morgan fingerprint density at radius 2 is 1.74 bits per heavy atom. The van der Waals surface area contributed by atoms with Crippen molar-refractivity contribution in [3.05, 3.63) is 74.7 Å². The third-order valence-electron chi connectivity index (χ3n) is 5.44. The Morgan fingerprint density at radius 3 is 2.26 bits per heavy atom. The lowest BCUT2D eigenvalue weighted by Crippen LogP contribution is -2.32. The monoisotopic (exact) mass is 484 g/mol. The van der Waals surface area contributed by atoms with Gasteiger partial charge in [-0.3, -0.25) is 4.79 Å². The molecule has 8 nitrogen and oxygen atoms in total. The van der Waals surface area contributed by atoms with E-state index < -0.39 is 12.6 Å². The number of carboxylic acid groups (broad SMARTS) is 1. The number of carbonyl (C=O) groups excluding carboxylic acids is 1. The van der Waals surface area contributed by atoms with E-state index in [0.717, 1.165) is 23.3 Å². The van der Waals surface area contributed by atoms with Crippen molar-refractivity contribution in [2.75, 3.05) is 20.8 Å². The van der Waals surface area contributed by atoms with Gasteiger partial charge in [-0.25, -0.2) is 9.78 Å². The minimum atomic E-state index is -1.21. The second-order valence-corrected chi connectivity index (χ2v) is 8.83. The number of aliphatic hydroxyl groups excluding tert-OH is 1. The van der Waals surface area contributed by atoms with Crippen molar-refractivity contribution in [2.45, 2.75) is 32.9 Å². The van der Waals surface area contributed by atoms with Gasteiger partial charge in [-0.05, 0) is 37.5 Å². The number of benzene rings is 2. The molecule has 0 saturated heterocycles. The summed E-state index contributed by atoms with van der Waals surface area (Å²) in [5, 5.41) is 19.3. The van der Waals surface area contributed by atoms with Gasteiger partial charge in [0.1, 0.15) is 16.5 Å². The normalized spacial score (nSPS) is 10.7. The quantitative estimate of drug-likeness (QED) is 0.424. The van der Waals surface area contributed by atoms with Gasteiger partial charge in [-0.15, -0.1) is 11.3 Å². The van der Waals surface area contributed by atoms with Gasteiger partial charge in [0.2, 0.25) is 0 Å². The number of methoxy groups -OCH3 is 2. The van der Waals surface area contributed by atoms with E-state index in [0.29, 0.717) is 35.0 Å². The number of aromatic nitrogens is 1. The van der Waals surface area contributed by atoms with Crippen LogP contribution < -0.4 is 9.47 Å². The van der Waals surface area contributed by atoms with Crippen LogP contribution in [0.25, 0.3) is 0 Å². The molecule has 0 saturated carbocycles. The van der Waals surface area contributed by atoms with E-state index in [1.807, 2.05) is 37.3 Å². The number of amides is 1. The Labute approximate surface area is 202 Å². The molecule has 1 amide bonds. The van der Waals surface area contributed by atoms with Gasteiger partial charge in [0.05, 0.1) is 32.2 Å². The molecule has 0 spiro atoms. The Balaban J connectivity index is 1.89. The largest absolute Gasteiger partial charge is 0.496 e. The highest BCUT2D eigenvalue weighted by Crippen LogP contribution is 2.30. The van der Waals surface area contributed by atoms with Gasteiger partial charge in [0.25, 0.3) is 5.91 Å². The van der Waals surface area contributed by atoms with Gasteiger partial charge in [-0.2, -0.15) is 0 Å². The summed E-state index contributed by atoms with van der Waals surface area (Å²) in [4.78, 5) is 31.1. The first-order valence-electron chi connectivity index (χ1n) is 10.8. The molecule has 2 aromatic carbocycles. The van der Waals surface area contributed by atoms with Crippen molar-refractivity contribution < 1.29 is 29.3 Å². The van der Waals surface area contributed by atoms with Crippen LogP contribution in [0.3, 0.4) is 0 Å². The highest BCUT2D eigenvalue weighted by molar-refractivity contribution is 7.11. The van der Waals surface area contributed by atoms with Gasteiger partial charge >= 0.3 is 5.97 Å². The molecule has 0 radical (unpaired) electrons. The maximum atomic E-state index is 13.6. The van der Waals surface area contributed by atoms with Crippen LogP contribution in [0.15, 0.2) is 42.5 Å². The molecule has 0 aliphatic heterocycles. The third-order valence-corrected chi connectivity index (χ3v) is 6.46. The standard InChI is InChI=1S/C25H28N2O6S/c1-16-19(32-2)12-18(13-20(16)33-3)24(29)27(11-7-10-17-8-5-4-6-9-17)14-22-26-23(25(30)31)21(15-28)34-22/h4-6,8-9,12-13,28H,7,10-11,14-15H2,1-3H3,(H,30,31). The lowest BCUT2D eigenvalue weighted by Gasteiger charge is -2.23. The lowest BCUT2D eigenvalue weighted by atomic mass is 10.1. The molecule has 0 atom stereocenters. The number of aliphatic hydroxyl groups is 1. The molecule has 0 aliphatic rings. The van der Waals surface area contributed by atoms with Crippen molar-refractivity contribution >= 4 is 23.2 Å². The van der Waals surface area contributed by atoms with Gasteiger partial charge in [0.15, 0.2) is 5.69 Å². The van der Waals surface area contributed by atoms with Crippen LogP contribution in [-0.4, -0.2) is 52.7 Å². The first-order chi connectivity index (χ1) is 16.4. The van der Waals surface area contributed by atoms with Crippen molar-refractivity contribution in [2.24, 2.45) is 0 Å². The van der Waals surface area contributed by atoms with E-state index in [2.05, 4.69) is 4.98 Å². The number of aryl methyl sites for hydroxylation is 1. The van der Waals surface area contributed by atoms with Gasteiger partial charge in [-0.1, -0.05) is 30.3 Å². The summed E-state index contributed by atoms with van der Waals surface area (Å²) in [5.41, 5.74) is 2.17.